The number of aliphatic hydroxyl groups is 1. The third kappa shape index (κ3) is 3.15. The largest absolute Gasteiger partial charge is 0.506 e. The SMILES string of the molecule is COC(=O)C1=C(Nc2ccc(Cl)cc2O)C(=O)N(CCO)C1. The number of phenols is 1. The van der Waals surface area contributed by atoms with Crippen molar-refractivity contribution in [3.63, 3.8) is 0 Å². The zero-order valence-electron chi connectivity index (χ0n) is 11.8. The summed E-state index contributed by atoms with van der Waals surface area (Å²) in [5.41, 5.74) is 0.383. The molecule has 7 nitrogen and oxygen atoms in total. The smallest absolute Gasteiger partial charge is 0.337 e. The van der Waals surface area contributed by atoms with Gasteiger partial charge < -0.3 is 25.2 Å². The highest BCUT2D eigenvalue weighted by atomic mass is 35.5. The Labute approximate surface area is 131 Å². The zero-order chi connectivity index (χ0) is 16.3. The number of hydrogen-bond acceptors (Lipinski definition) is 6. The number of methoxy groups -OCH3 is 1. The number of carbonyl (C=O) groups is 2. The molecule has 0 spiro atoms. The number of nitrogens with zero attached hydrogens (tertiary/aromatic N) is 1. The van der Waals surface area contributed by atoms with Crippen LogP contribution in [0.15, 0.2) is 29.5 Å². The van der Waals surface area contributed by atoms with E-state index in [2.05, 4.69) is 10.1 Å². The molecular weight excluding hydrogens is 312 g/mol. The van der Waals surface area contributed by atoms with Gasteiger partial charge in [-0.2, -0.15) is 0 Å². The maximum absolute atomic E-state index is 12.3. The molecule has 22 heavy (non-hydrogen) atoms. The van der Waals surface area contributed by atoms with Gasteiger partial charge in [-0.15, -0.1) is 0 Å². The van der Waals surface area contributed by atoms with Crippen LogP contribution in [-0.4, -0.2) is 53.8 Å². The molecule has 1 aromatic rings. The Morgan fingerprint density at radius 1 is 1.50 bits per heavy atom. The number of aliphatic hydroxyl groups excluding tert-OH is 1. The lowest BCUT2D eigenvalue weighted by atomic mass is 10.2. The van der Waals surface area contributed by atoms with Crippen LogP contribution < -0.4 is 5.32 Å². The number of esters is 1. The first-order chi connectivity index (χ1) is 10.5. The number of aromatic hydroxyl groups is 1. The number of benzene rings is 1. The number of ether oxygens (including phenoxy) is 1. The third-order valence-corrected chi connectivity index (χ3v) is 3.41. The molecule has 118 valence electrons. The second-order valence-electron chi connectivity index (χ2n) is 4.58. The average Bonchev–Trinajstić information content (AvgIpc) is 2.79. The number of halogens is 1. The second-order valence-corrected chi connectivity index (χ2v) is 5.02. The Hall–Kier alpha value is -2.25. The predicted molar refractivity (Wildman–Crippen MR) is 79.4 cm³/mol. The van der Waals surface area contributed by atoms with Crippen LogP contribution in [0.1, 0.15) is 0 Å². The number of anilines is 1. The molecule has 0 fully saturated rings. The topological polar surface area (TPSA) is 99.1 Å². The van der Waals surface area contributed by atoms with E-state index < -0.39 is 11.9 Å². The zero-order valence-corrected chi connectivity index (χ0v) is 12.6. The fraction of sp³-hybridized carbons (Fsp3) is 0.286. The maximum atomic E-state index is 12.3. The number of amides is 1. The van der Waals surface area contributed by atoms with Crippen LogP contribution in [0, 0.1) is 0 Å². The Kier molecular flexibility index (Phi) is 4.89. The number of β-amino-alcohol motifs (C(OH)–C–C–N with tert-alkyl or cyclic N) is 1. The van der Waals surface area contributed by atoms with Crippen LogP contribution in [0.5, 0.6) is 5.75 Å². The van der Waals surface area contributed by atoms with Crippen molar-refractivity contribution in [2.24, 2.45) is 0 Å². The van der Waals surface area contributed by atoms with Gasteiger partial charge in [0.25, 0.3) is 5.91 Å². The minimum Gasteiger partial charge on any atom is -0.506 e. The van der Waals surface area contributed by atoms with Gasteiger partial charge in [-0.3, -0.25) is 4.79 Å². The minimum atomic E-state index is -0.648. The summed E-state index contributed by atoms with van der Waals surface area (Å²) in [5.74, 6) is -1.26. The van der Waals surface area contributed by atoms with Crippen molar-refractivity contribution in [1.29, 1.82) is 0 Å². The van der Waals surface area contributed by atoms with Crippen molar-refractivity contribution in [3.05, 3.63) is 34.5 Å². The van der Waals surface area contributed by atoms with Crippen LogP contribution in [0.3, 0.4) is 0 Å². The number of nitrogens with one attached hydrogen (secondary N) is 1. The Bertz CT molecular complexity index is 644. The van der Waals surface area contributed by atoms with E-state index in [1.54, 1.807) is 0 Å². The van der Waals surface area contributed by atoms with Crippen molar-refractivity contribution >= 4 is 29.2 Å². The van der Waals surface area contributed by atoms with Gasteiger partial charge in [0.05, 0.1) is 31.5 Å². The normalized spacial score (nSPS) is 14.5. The maximum Gasteiger partial charge on any atom is 0.337 e. The Balaban J connectivity index is 2.34. The van der Waals surface area contributed by atoms with Crippen molar-refractivity contribution < 1.29 is 24.5 Å². The van der Waals surface area contributed by atoms with E-state index in [0.717, 1.165) is 0 Å². The first-order valence-corrected chi connectivity index (χ1v) is 6.83. The summed E-state index contributed by atoms with van der Waals surface area (Å²) < 4.78 is 4.66. The van der Waals surface area contributed by atoms with Crippen LogP contribution in [0.4, 0.5) is 5.69 Å². The van der Waals surface area contributed by atoms with Crippen LogP contribution >= 0.6 is 11.6 Å². The Morgan fingerprint density at radius 2 is 2.23 bits per heavy atom. The lowest BCUT2D eigenvalue weighted by molar-refractivity contribution is -0.136. The molecule has 8 heteroatoms. The minimum absolute atomic E-state index is 0.0120. The number of rotatable bonds is 5. The Morgan fingerprint density at radius 3 is 2.82 bits per heavy atom. The van der Waals surface area contributed by atoms with Gasteiger partial charge in [0.15, 0.2) is 0 Å². The molecule has 3 N–H and O–H groups in total. The first-order valence-electron chi connectivity index (χ1n) is 6.45. The molecule has 0 saturated carbocycles. The van der Waals surface area contributed by atoms with Crippen molar-refractivity contribution in [2.75, 3.05) is 32.1 Å². The molecule has 1 aliphatic rings. The molecule has 1 aliphatic heterocycles. The van der Waals surface area contributed by atoms with Crippen LogP contribution in [0.25, 0.3) is 0 Å². The summed E-state index contributed by atoms with van der Waals surface area (Å²) in [5, 5.41) is 21.9. The molecule has 0 atom stereocenters. The molecule has 1 aromatic carbocycles. The number of hydrogen-bond donors (Lipinski definition) is 3. The highest BCUT2D eigenvalue weighted by Gasteiger charge is 2.34. The van der Waals surface area contributed by atoms with E-state index in [1.807, 2.05) is 0 Å². The molecule has 0 aromatic heterocycles. The molecule has 0 bridgehead atoms. The molecule has 0 saturated heterocycles. The lowest BCUT2D eigenvalue weighted by Crippen LogP contribution is -2.31. The molecule has 1 amide bonds. The molecule has 0 aliphatic carbocycles. The standard InChI is InChI=1S/C14H15ClN2O5/c1-22-14(21)9-7-17(4-5-18)13(20)12(9)16-10-3-2-8(15)6-11(10)19/h2-3,6,16,18-19H,4-5,7H2,1H3. The van der Waals surface area contributed by atoms with E-state index in [9.17, 15) is 14.7 Å². The fourth-order valence-electron chi connectivity index (χ4n) is 2.09. The summed E-state index contributed by atoms with van der Waals surface area (Å²) >= 11 is 5.75. The van der Waals surface area contributed by atoms with Gasteiger partial charge in [0.2, 0.25) is 0 Å². The quantitative estimate of drug-likeness (QED) is 0.544. The molecule has 1 heterocycles. The van der Waals surface area contributed by atoms with E-state index in [0.29, 0.717) is 5.02 Å². The van der Waals surface area contributed by atoms with Crippen LogP contribution in [0.2, 0.25) is 5.02 Å². The number of phenolic OH excluding ortho intramolecular Hbond substituents is 1. The lowest BCUT2D eigenvalue weighted by Gasteiger charge is -2.15. The highest BCUT2D eigenvalue weighted by Crippen LogP contribution is 2.30. The van der Waals surface area contributed by atoms with Crippen LogP contribution in [-0.2, 0) is 14.3 Å². The monoisotopic (exact) mass is 326 g/mol. The van der Waals surface area contributed by atoms with Gasteiger partial charge in [0, 0.05) is 17.6 Å². The summed E-state index contributed by atoms with van der Waals surface area (Å²) in [4.78, 5) is 25.4. The van der Waals surface area contributed by atoms with Gasteiger partial charge in [0.1, 0.15) is 11.4 Å². The molecule has 2 rings (SSSR count). The number of carbonyl (C=O) groups excluding carboxylic acids is 2. The van der Waals surface area contributed by atoms with Gasteiger partial charge in [-0.25, -0.2) is 4.79 Å². The average molecular weight is 327 g/mol. The van der Waals surface area contributed by atoms with Crippen molar-refractivity contribution in [2.45, 2.75) is 0 Å². The summed E-state index contributed by atoms with van der Waals surface area (Å²) in [6.07, 6.45) is 0. The van der Waals surface area contributed by atoms with Crippen molar-refractivity contribution in [3.8, 4) is 5.75 Å². The van der Waals surface area contributed by atoms with E-state index in [-0.39, 0.29) is 42.4 Å². The third-order valence-electron chi connectivity index (χ3n) is 3.17. The predicted octanol–water partition coefficient (Wildman–Crippen LogP) is 0.719. The van der Waals surface area contributed by atoms with E-state index in [4.69, 9.17) is 16.7 Å². The molecule has 0 radical (unpaired) electrons. The van der Waals surface area contributed by atoms with Gasteiger partial charge >= 0.3 is 5.97 Å². The van der Waals surface area contributed by atoms with Crippen molar-refractivity contribution in [1.82, 2.24) is 4.90 Å². The first kappa shape index (κ1) is 16.1. The van der Waals surface area contributed by atoms with Gasteiger partial charge in [-0.05, 0) is 12.1 Å². The summed E-state index contributed by atoms with van der Waals surface area (Å²) in [7, 11) is 1.21. The van der Waals surface area contributed by atoms with E-state index >= 15 is 0 Å². The van der Waals surface area contributed by atoms with E-state index in [1.165, 1.54) is 30.2 Å². The molecular formula is C14H15ClN2O5. The second kappa shape index (κ2) is 6.67. The summed E-state index contributed by atoms with van der Waals surface area (Å²) in [6.45, 7) is -0.0977. The fourth-order valence-corrected chi connectivity index (χ4v) is 2.26. The molecule has 0 unspecified atom stereocenters. The summed E-state index contributed by atoms with van der Waals surface area (Å²) in [6, 6.07) is 4.33. The highest BCUT2D eigenvalue weighted by molar-refractivity contribution is 6.30. The van der Waals surface area contributed by atoms with Gasteiger partial charge in [-0.1, -0.05) is 11.6 Å².